The molecular formula is C11H17ClN2O4S. The van der Waals surface area contributed by atoms with Crippen molar-refractivity contribution in [3.63, 3.8) is 0 Å². The molecule has 1 aromatic rings. The van der Waals surface area contributed by atoms with Crippen molar-refractivity contribution in [2.75, 3.05) is 13.7 Å². The van der Waals surface area contributed by atoms with Gasteiger partial charge in [0.15, 0.2) is 0 Å². The van der Waals surface area contributed by atoms with Gasteiger partial charge in [0.25, 0.3) is 15.0 Å². The van der Waals surface area contributed by atoms with Gasteiger partial charge in [-0.1, -0.05) is 0 Å². The first-order chi connectivity index (χ1) is 8.79. The lowest BCUT2D eigenvalue weighted by atomic mass is 10.3. The number of carbonyl (C=O) groups excluding carboxylic acids is 1. The van der Waals surface area contributed by atoms with Gasteiger partial charge in [-0.15, -0.1) is 0 Å². The first-order valence-corrected chi connectivity index (χ1v) is 8.05. The van der Waals surface area contributed by atoms with E-state index in [1.165, 1.54) is 23.9 Å². The van der Waals surface area contributed by atoms with Crippen molar-refractivity contribution >= 4 is 25.6 Å². The molecule has 0 saturated heterocycles. The van der Waals surface area contributed by atoms with Crippen molar-refractivity contribution in [1.82, 2.24) is 9.88 Å². The summed E-state index contributed by atoms with van der Waals surface area (Å²) in [6, 6.07) is 1.09. The number of hydrogen-bond donors (Lipinski definition) is 1. The highest BCUT2D eigenvalue weighted by atomic mass is 35.7. The Morgan fingerprint density at radius 2 is 2.21 bits per heavy atom. The maximum absolute atomic E-state index is 12.0. The van der Waals surface area contributed by atoms with E-state index in [2.05, 4.69) is 5.32 Å². The van der Waals surface area contributed by atoms with Crippen LogP contribution < -0.4 is 5.32 Å². The monoisotopic (exact) mass is 308 g/mol. The molecule has 0 aliphatic carbocycles. The number of carbonyl (C=O) groups is 1. The quantitative estimate of drug-likeness (QED) is 0.801. The topological polar surface area (TPSA) is 77.4 Å². The van der Waals surface area contributed by atoms with Crippen molar-refractivity contribution in [1.29, 1.82) is 0 Å². The first kappa shape index (κ1) is 16.0. The van der Waals surface area contributed by atoms with Crippen LogP contribution in [-0.2, 0) is 20.3 Å². The number of hydrogen-bond acceptors (Lipinski definition) is 4. The average Bonchev–Trinajstić information content (AvgIpc) is 2.72. The van der Waals surface area contributed by atoms with E-state index < -0.39 is 9.05 Å². The molecule has 1 atom stereocenters. The van der Waals surface area contributed by atoms with Crippen LogP contribution in [0.25, 0.3) is 0 Å². The number of ether oxygens (including phenoxy) is 1. The molecule has 0 saturated carbocycles. The Morgan fingerprint density at radius 3 is 2.68 bits per heavy atom. The molecule has 1 aromatic heterocycles. The van der Waals surface area contributed by atoms with E-state index in [9.17, 15) is 13.2 Å². The fourth-order valence-corrected chi connectivity index (χ4v) is 2.42. The van der Waals surface area contributed by atoms with E-state index in [-0.39, 0.29) is 22.5 Å². The summed E-state index contributed by atoms with van der Waals surface area (Å²) in [5, 5.41) is 2.71. The molecule has 108 valence electrons. The van der Waals surface area contributed by atoms with Gasteiger partial charge in [0.1, 0.15) is 10.6 Å². The highest BCUT2D eigenvalue weighted by Gasteiger charge is 2.20. The van der Waals surface area contributed by atoms with Crippen molar-refractivity contribution in [3.05, 3.63) is 18.0 Å². The molecular weight excluding hydrogens is 292 g/mol. The highest BCUT2D eigenvalue weighted by Crippen LogP contribution is 2.18. The Kier molecular flexibility index (Phi) is 5.39. The van der Waals surface area contributed by atoms with Crippen LogP contribution in [-0.4, -0.2) is 38.7 Å². The molecule has 1 unspecified atom stereocenters. The van der Waals surface area contributed by atoms with E-state index in [1.54, 1.807) is 13.8 Å². The minimum absolute atomic E-state index is 0.0828. The lowest BCUT2D eigenvalue weighted by Gasteiger charge is -2.13. The van der Waals surface area contributed by atoms with E-state index in [0.29, 0.717) is 13.2 Å². The van der Waals surface area contributed by atoms with Crippen LogP contribution in [0.4, 0.5) is 0 Å². The van der Waals surface area contributed by atoms with Gasteiger partial charge in [0, 0.05) is 36.6 Å². The van der Waals surface area contributed by atoms with Crippen LogP contribution in [0.1, 0.15) is 24.3 Å². The smallest absolute Gasteiger partial charge is 0.268 e. The molecule has 0 aromatic carbocycles. The fourth-order valence-electron chi connectivity index (χ4n) is 1.66. The minimum atomic E-state index is -3.84. The van der Waals surface area contributed by atoms with E-state index >= 15 is 0 Å². The number of aryl methyl sites for hydroxylation is 1. The second-order valence-electron chi connectivity index (χ2n) is 4.11. The second-order valence-corrected chi connectivity index (χ2v) is 6.68. The normalized spacial score (nSPS) is 13.3. The van der Waals surface area contributed by atoms with Gasteiger partial charge in [-0.05, 0) is 19.9 Å². The third-order valence-electron chi connectivity index (χ3n) is 2.52. The van der Waals surface area contributed by atoms with Crippen LogP contribution in [0.5, 0.6) is 0 Å². The first-order valence-electron chi connectivity index (χ1n) is 5.74. The highest BCUT2D eigenvalue weighted by molar-refractivity contribution is 8.13. The number of nitrogens with zero attached hydrogens (tertiary/aromatic N) is 1. The van der Waals surface area contributed by atoms with Crippen molar-refractivity contribution in [3.8, 4) is 0 Å². The fraction of sp³-hybridized carbons (Fsp3) is 0.545. The van der Waals surface area contributed by atoms with Crippen LogP contribution in [0.2, 0.25) is 0 Å². The summed E-state index contributed by atoms with van der Waals surface area (Å²) in [5.41, 5.74) is 0.254. The molecule has 6 nitrogen and oxygen atoms in total. The maximum Gasteiger partial charge on any atom is 0.268 e. The lowest BCUT2D eigenvalue weighted by molar-refractivity contribution is 0.0896. The molecule has 1 N–H and O–H groups in total. The van der Waals surface area contributed by atoms with E-state index in [1.807, 2.05) is 0 Å². The number of methoxy groups -OCH3 is 1. The zero-order valence-electron chi connectivity index (χ0n) is 11.0. The number of amides is 1. The van der Waals surface area contributed by atoms with Gasteiger partial charge >= 0.3 is 0 Å². The summed E-state index contributed by atoms with van der Waals surface area (Å²) in [6.07, 6.45) is 1.35. The summed E-state index contributed by atoms with van der Waals surface area (Å²) >= 11 is 0. The van der Waals surface area contributed by atoms with Crippen molar-refractivity contribution in [2.24, 2.45) is 0 Å². The summed E-state index contributed by atoms with van der Waals surface area (Å²) < 4.78 is 29.0. The maximum atomic E-state index is 12.0. The molecule has 0 fully saturated rings. The van der Waals surface area contributed by atoms with Gasteiger partial charge in [-0.25, -0.2) is 8.42 Å². The zero-order chi connectivity index (χ0) is 14.6. The van der Waals surface area contributed by atoms with Gasteiger partial charge < -0.3 is 14.6 Å². The lowest BCUT2D eigenvalue weighted by Crippen LogP contribution is -2.36. The third-order valence-corrected chi connectivity index (χ3v) is 3.84. The molecule has 8 heteroatoms. The Bertz CT molecular complexity index is 553. The standard InChI is InChI=1S/C11H17ClN2O4S/c1-4-14-6-9(19(12,16)17)5-10(14)11(15)13-8(2)7-18-3/h5-6,8H,4,7H2,1-3H3,(H,13,15). The predicted octanol–water partition coefficient (Wildman–Crippen LogP) is 1.20. The van der Waals surface area contributed by atoms with Crippen LogP contribution in [0.3, 0.4) is 0 Å². The number of halogens is 1. The predicted molar refractivity (Wildman–Crippen MR) is 71.9 cm³/mol. The van der Waals surface area contributed by atoms with Crippen molar-refractivity contribution in [2.45, 2.75) is 31.3 Å². The third kappa shape index (κ3) is 4.22. The molecule has 0 spiro atoms. The average molecular weight is 309 g/mol. The number of aromatic nitrogens is 1. The molecule has 1 heterocycles. The molecule has 0 bridgehead atoms. The molecule has 0 aliphatic rings. The van der Waals surface area contributed by atoms with Crippen LogP contribution >= 0.6 is 10.7 Å². The van der Waals surface area contributed by atoms with Crippen LogP contribution in [0.15, 0.2) is 17.2 Å². The molecule has 1 rings (SSSR count). The zero-order valence-corrected chi connectivity index (χ0v) is 12.6. The largest absolute Gasteiger partial charge is 0.383 e. The number of nitrogens with one attached hydrogen (secondary N) is 1. The SMILES string of the molecule is CCn1cc(S(=O)(=O)Cl)cc1C(=O)NC(C)COC. The Balaban J connectivity index is 2.99. The van der Waals surface area contributed by atoms with Crippen LogP contribution in [0, 0.1) is 0 Å². The molecule has 1 amide bonds. The van der Waals surface area contributed by atoms with E-state index in [0.717, 1.165) is 0 Å². The Morgan fingerprint density at radius 1 is 1.58 bits per heavy atom. The minimum Gasteiger partial charge on any atom is -0.383 e. The van der Waals surface area contributed by atoms with Gasteiger partial charge in [0.2, 0.25) is 0 Å². The number of rotatable bonds is 6. The summed E-state index contributed by atoms with van der Waals surface area (Å²) in [4.78, 5) is 11.9. The molecule has 19 heavy (non-hydrogen) atoms. The van der Waals surface area contributed by atoms with Gasteiger partial charge in [0.05, 0.1) is 6.61 Å². The second kappa shape index (κ2) is 6.40. The van der Waals surface area contributed by atoms with Crippen molar-refractivity contribution < 1.29 is 17.9 Å². The van der Waals surface area contributed by atoms with Gasteiger partial charge in [-0.2, -0.15) is 0 Å². The Labute approximate surface area is 117 Å². The molecule has 0 radical (unpaired) electrons. The Hall–Kier alpha value is -1.05. The van der Waals surface area contributed by atoms with E-state index in [4.69, 9.17) is 15.4 Å². The molecule has 0 aliphatic heterocycles. The van der Waals surface area contributed by atoms with Gasteiger partial charge in [-0.3, -0.25) is 4.79 Å². The summed E-state index contributed by atoms with van der Waals surface area (Å²) in [5.74, 6) is -0.363. The summed E-state index contributed by atoms with van der Waals surface area (Å²) in [6.45, 7) is 4.44. The summed E-state index contributed by atoms with van der Waals surface area (Å²) in [7, 11) is 2.97.